The second-order valence-electron chi connectivity index (χ2n) is 11.5. The molecule has 210 valence electrons. The Morgan fingerprint density at radius 1 is 1.34 bits per heavy atom. The fourth-order valence-electron chi connectivity index (χ4n) is 5.46. The third-order valence-corrected chi connectivity index (χ3v) is 8.43. The van der Waals surface area contributed by atoms with Gasteiger partial charge in [0.2, 0.25) is 5.91 Å². The second-order valence-corrected chi connectivity index (χ2v) is 12.3. The van der Waals surface area contributed by atoms with Crippen molar-refractivity contribution in [2.45, 2.75) is 78.7 Å². The molecule has 1 amide bonds. The molecule has 1 aromatic carbocycles. The third kappa shape index (κ3) is 6.92. The Morgan fingerprint density at radius 2 is 2.13 bits per heavy atom. The minimum Gasteiger partial charge on any atom is -0.478 e. The molecular weight excluding hydrogens is 503 g/mol. The number of thiazole rings is 1. The summed E-state index contributed by atoms with van der Waals surface area (Å²) in [4.78, 5) is 21.0. The first kappa shape index (κ1) is 28.9. The van der Waals surface area contributed by atoms with Crippen LogP contribution in [0.1, 0.15) is 64.6 Å². The van der Waals surface area contributed by atoms with Crippen LogP contribution in [0.15, 0.2) is 23.7 Å². The van der Waals surface area contributed by atoms with E-state index in [1.807, 2.05) is 45.0 Å². The van der Waals surface area contributed by atoms with Gasteiger partial charge in [0.15, 0.2) is 0 Å². The lowest BCUT2D eigenvalue weighted by molar-refractivity contribution is -0.144. The minimum absolute atomic E-state index is 0.0570. The maximum absolute atomic E-state index is 15.3. The number of hydrogen-bond donors (Lipinski definition) is 2. The number of aryl methyl sites for hydroxylation is 1. The van der Waals surface area contributed by atoms with Crippen LogP contribution in [0.25, 0.3) is 10.4 Å². The first-order valence-electron chi connectivity index (χ1n) is 13.8. The van der Waals surface area contributed by atoms with E-state index in [1.165, 1.54) is 0 Å². The topological polar surface area (TPSA) is 75.7 Å². The number of carbonyl (C=O) groups excluding carboxylic acids is 1. The van der Waals surface area contributed by atoms with Gasteiger partial charge in [-0.2, -0.15) is 0 Å². The number of halogens is 1. The molecule has 2 N–H and O–H groups in total. The number of nitrogens with zero attached hydrogens (tertiary/aromatic N) is 2. The van der Waals surface area contributed by atoms with Crippen molar-refractivity contribution in [3.05, 3.63) is 35.0 Å². The van der Waals surface area contributed by atoms with E-state index in [0.29, 0.717) is 52.4 Å². The van der Waals surface area contributed by atoms with Gasteiger partial charge in [0, 0.05) is 31.8 Å². The largest absolute Gasteiger partial charge is 0.478 e. The van der Waals surface area contributed by atoms with Crippen molar-refractivity contribution >= 4 is 17.2 Å². The van der Waals surface area contributed by atoms with Gasteiger partial charge in [-0.1, -0.05) is 32.9 Å². The molecule has 1 aromatic heterocycles. The summed E-state index contributed by atoms with van der Waals surface area (Å²) in [6.45, 7) is 13.5. The van der Waals surface area contributed by atoms with Crippen molar-refractivity contribution in [2.24, 2.45) is 11.3 Å². The number of hydrogen-bond acceptors (Lipinski definition) is 7. The minimum atomic E-state index is -1.36. The molecule has 2 unspecified atom stereocenters. The predicted molar refractivity (Wildman–Crippen MR) is 150 cm³/mol. The van der Waals surface area contributed by atoms with E-state index in [2.05, 4.69) is 33.8 Å². The number of likely N-dealkylation sites (tertiary alicyclic amines) is 1. The van der Waals surface area contributed by atoms with Crippen LogP contribution in [-0.2, 0) is 16.1 Å². The van der Waals surface area contributed by atoms with E-state index < -0.39 is 17.0 Å². The normalized spacial score (nSPS) is 19.5. The van der Waals surface area contributed by atoms with Gasteiger partial charge in [-0.25, -0.2) is 9.37 Å². The van der Waals surface area contributed by atoms with Gasteiger partial charge in [0.05, 0.1) is 34.8 Å². The maximum Gasteiger partial charge on any atom is 0.230 e. The van der Waals surface area contributed by atoms with Crippen LogP contribution in [-0.4, -0.2) is 60.7 Å². The van der Waals surface area contributed by atoms with Gasteiger partial charge in [-0.15, -0.1) is 11.3 Å². The van der Waals surface area contributed by atoms with Crippen molar-refractivity contribution in [3.8, 4) is 16.2 Å². The molecule has 2 aromatic rings. The van der Waals surface area contributed by atoms with Crippen molar-refractivity contribution in [1.29, 1.82) is 0 Å². The van der Waals surface area contributed by atoms with Gasteiger partial charge >= 0.3 is 0 Å². The molecule has 1 saturated carbocycles. The molecule has 2 fully saturated rings. The Hall–Kier alpha value is -2.07. The van der Waals surface area contributed by atoms with Crippen LogP contribution in [0.2, 0.25) is 0 Å². The van der Waals surface area contributed by atoms with Crippen molar-refractivity contribution in [1.82, 2.24) is 20.5 Å². The molecule has 1 aliphatic heterocycles. The summed E-state index contributed by atoms with van der Waals surface area (Å²) in [6, 6.07) is 6.24. The van der Waals surface area contributed by atoms with Crippen LogP contribution in [0.4, 0.5) is 4.39 Å². The number of alkyl halides is 1. The number of rotatable bonds is 13. The van der Waals surface area contributed by atoms with E-state index in [4.69, 9.17) is 9.47 Å². The molecule has 2 atom stereocenters. The Kier molecular flexibility index (Phi) is 9.44. The highest BCUT2D eigenvalue weighted by molar-refractivity contribution is 7.13. The van der Waals surface area contributed by atoms with Crippen molar-refractivity contribution < 1.29 is 18.7 Å². The van der Waals surface area contributed by atoms with Crippen LogP contribution >= 0.6 is 11.3 Å². The molecule has 4 rings (SSSR count). The number of amides is 1. The van der Waals surface area contributed by atoms with Crippen LogP contribution in [0.5, 0.6) is 5.75 Å². The van der Waals surface area contributed by atoms with Crippen LogP contribution in [0.3, 0.4) is 0 Å². The summed E-state index contributed by atoms with van der Waals surface area (Å²) < 4.78 is 26.8. The molecule has 2 aliphatic rings. The first-order valence-corrected chi connectivity index (χ1v) is 14.7. The lowest BCUT2D eigenvalue weighted by Gasteiger charge is -2.37. The van der Waals surface area contributed by atoms with Gasteiger partial charge < -0.3 is 14.4 Å². The lowest BCUT2D eigenvalue weighted by Crippen LogP contribution is -2.51. The van der Waals surface area contributed by atoms with Crippen molar-refractivity contribution in [2.75, 3.05) is 33.0 Å². The maximum atomic E-state index is 15.3. The molecule has 7 nitrogen and oxygen atoms in total. The zero-order valence-electron chi connectivity index (χ0n) is 23.4. The third-order valence-electron chi connectivity index (χ3n) is 7.45. The molecule has 0 bridgehead atoms. The zero-order valence-corrected chi connectivity index (χ0v) is 24.3. The van der Waals surface area contributed by atoms with Crippen LogP contribution in [0, 0.1) is 18.3 Å². The number of aromatic nitrogens is 1. The Bertz CT molecular complexity index is 1080. The molecule has 9 heteroatoms. The second kappa shape index (κ2) is 12.4. The summed E-state index contributed by atoms with van der Waals surface area (Å²) >= 11 is 1.61. The van der Waals surface area contributed by atoms with E-state index in [-0.39, 0.29) is 12.1 Å². The average Bonchev–Trinajstić information content (AvgIpc) is 3.23. The summed E-state index contributed by atoms with van der Waals surface area (Å²) in [5.74, 6) is 0.121. The smallest absolute Gasteiger partial charge is 0.230 e. The van der Waals surface area contributed by atoms with E-state index >= 15 is 4.39 Å². The number of benzene rings is 1. The molecule has 0 spiro atoms. The number of ether oxygens (including phenoxy) is 2. The first-order chi connectivity index (χ1) is 18.1. The van der Waals surface area contributed by atoms with E-state index in [1.54, 1.807) is 11.3 Å². The van der Waals surface area contributed by atoms with Crippen molar-refractivity contribution in [3.63, 3.8) is 0 Å². The molecule has 1 saturated heterocycles. The standard InChI is InChI=1S/C29H43FN4O3S/c1-6-36-15-13-31-18-37-23-16-21(25-20(2)33-19-38-25)9-10-22(23)17-32-24-8-7-14-34(24)27(35)26(28(3,4)5)29(30)11-12-29/h9-10,16,19,24,26,31-32H,6-8,11-15,17-18H2,1-5H3. The molecule has 2 heterocycles. The number of nitrogens with one attached hydrogen (secondary N) is 2. The predicted octanol–water partition coefficient (Wildman–Crippen LogP) is 5.28. The molecule has 0 radical (unpaired) electrons. The summed E-state index contributed by atoms with van der Waals surface area (Å²) in [5, 5.41) is 6.85. The summed E-state index contributed by atoms with van der Waals surface area (Å²) in [7, 11) is 0. The molecular formula is C29H43FN4O3S. The highest BCUT2D eigenvalue weighted by atomic mass is 32.1. The molecule has 1 aliphatic carbocycles. The fraction of sp³-hybridized carbons (Fsp3) is 0.655. The van der Waals surface area contributed by atoms with E-state index in [9.17, 15) is 4.79 Å². The van der Waals surface area contributed by atoms with Gasteiger partial charge in [0.25, 0.3) is 0 Å². The Labute approximate surface area is 230 Å². The summed E-state index contributed by atoms with van der Waals surface area (Å²) in [6.07, 6.45) is 2.62. The average molecular weight is 547 g/mol. The SMILES string of the molecule is CCOCCNCOc1cc(-c2scnc2C)ccc1CNC1CCCN1C(=O)C(C(C)(C)C)C1(F)CC1. The lowest BCUT2D eigenvalue weighted by atomic mass is 9.75. The Balaban J connectivity index is 1.45. The van der Waals surface area contributed by atoms with Crippen LogP contribution < -0.4 is 15.4 Å². The highest BCUT2D eigenvalue weighted by Gasteiger charge is 2.59. The highest BCUT2D eigenvalue weighted by Crippen LogP contribution is 2.53. The zero-order chi connectivity index (χ0) is 27.3. The Morgan fingerprint density at radius 3 is 2.79 bits per heavy atom. The quantitative estimate of drug-likeness (QED) is 0.263. The summed E-state index contributed by atoms with van der Waals surface area (Å²) in [5.41, 5.74) is 3.16. The number of carbonyl (C=O) groups is 1. The van der Waals surface area contributed by atoms with Gasteiger partial charge in [0.1, 0.15) is 18.1 Å². The molecule has 38 heavy (non-hydrogen) atoms. The monoisotopic (exact) mass is 546 g/mol. The van der Waals surface area contributed by atoms with Gasteiger partial charge in [-0.05, 0) is 56.6 Å². The van der Waals surface area contributed by atoms with Gasteiger partial charge in [-0.3, -0.25) is 15.4 Å². The fourth-order valence-corrected chi connectivity index (χ4v) is 6.26. The van der Waals surface area contributed by atoms with E-state index in [0.717, 1.165) is 40.3 Å².